The normalized spacial score (nSPS) is 29.0. The Labute approximate surface area is 121 Å². The molecule has 1 aliphatic heterocycles. The number of hydrogen-bond acceptors (Lipinski definition) is 2. The maximum Gasteiger partial charge on any atom is 0.122 e. The first-order valence-electron chi connectivity index (χ1n) is 8.39. The largest absolute Gasteiger partial charge is 0.493 e. The summed E-state index contributed by atoms with van der Waals surface area (Å²) < 4.78 is 5.64. The van der Waals surface area contributed by atoms with Crippen LogP contribution in [0, 0.1) is 5.92 Å². The summed E-state index contributed by atoms with van der Waals surface area (Å²) in [5.41, 5.74) is 3.00. The second-order valence-electron chi connectivity index (χ2n) is 6.80. The molecule has 4 rings (SSSR count). The molecule has 0 amide bonds. The second kappa shape index (κ2) is 5.40. The predicted octanol–water partition coefficient (Wildman–Crippen LogP) is 3.65. The SMILES string of the molecule is c1cc2c(cc1C1CCCCC1CNC1CC1)CCO2. The summed E-state index contributed by atoms with van der Waals surface area (Å²) in [6, 6.07) is 7.80. The highest BCUT2D eigenvalue weighted by atomic mass is 16.5. The molecular formula is C18H25NO. The fraction of sp³-hybridized carbons (Fsp3) is 0.667. The predicted molar refractivity (Wildman–Crippen MR) is 81.4 cm³/mol. The molecule has 3 aliphatic rings. The molecule has 2 nitrogen and oxygen atoms in total. The van der Waals surface area contributed by atoms with Crippen LogP contribution in [0.5, 0.6) is 5.75 Å². The molecule has 2 heteroatoms. The van der Waals surface area contributed by atoms with Crippen LogP contribution >= 0.6 is 0 Å². The van der Waals surface area contributed by atoms with Gasteiger partial charge in [-0.25, -0.2) is 0 Å². The highest BCUT2D eigenvalue weighted by molar-refractivity contribution is 5.41. The lowest BCUT2D eigenvalue weighted by atomic mass is 9.75. The van der Waals surface area contributed by atoms with E-state index in [4.69, 9.17) is 4.74 Å². The molecule has 2 unspecified atom stereocenters. The van der Waals surface area contributed by atoms with Crippen molar-refractivity contribution in [2.24, 2.45) is 5.92 Å². The molecule has 20 heavy (non-hydrogen) atoms. The molecule has 2 aliphatic carbocycles. The molecular weight excluding hydrogens is 246 g/mol. The quantitative estimate of drug-likeness (QED) is 0.902. The van der Waals surface area contributed by atoms with Crippen molar-refractivity contribution in [2.45, 2.75) is 56.9 Å². The Morgan fingerprint density at radius 2 is 2.00 bits per heavy atom. The van der Waals surface area contributed by atoms with Gasteiger partial charge in [0.2, 0.25) is 0 Å². The average molecular weight is 271 g/mol. The molecule has 1 aromatic rings. The summed E-state index contributed by atoms with van der Waals surface area (Å²) in [4.78, 5) is 0. The highest BCUT2D eigenvalue weighted by Crippen LogP contribution is 2.40. The van der Waals surface area contributed by atoms with Crippen molar-refractivity contribution in [2.75, 3.05) is 13.2 Å². The third-order valence-electron chi connectivity index (χ3n) is 5.30. The molecule has 0 aromatic heterocycles. The molecule has 2 saturated carbocycles. The Hall–Kier alpha value is -1.02. The van der Waals surface area contributed by atoms with Crippen LogP contribution in [0.1, 0.15) is 55.6 Å². The minimum absolute atomic E-state index is 0.765. The van der Waals surface area contributed by atoms with E-state index in [9.17, 15) is 0 Å². The van der Waals surface area contributed by atoms with E-state index in [2.05, 4.69) is 23.5 Å². The highest BCUT2D eigenvalue weighted by Gasteiger charge is 2.29. The summed E-state index contributed by atoms with van der Waals surface area (Å²) in [5, 5.41) is 3.75. The summed E-state index contributed by atoms with van der Waals surface area (Å²) in [6.07, 6.45) is 9.48. The number of fused-ring (bicyclic) bond motifs is 1. The van der Waals surface area contributed by atoms with Crippen molar-refractivity contribution in [3.05, 3.63) is 29.3 Å². The zero-order valence-electron chi connectivity index (χ0n) is 12.2. The Bertz CT molecular complexity index is 480. The minimum Gasteiger partial charge on any atom is -0.493 e. The number of rotatable bonds is 4. The van der Waals surface area contributed by atoms with Gasteiger partial charge in [0.15, 0.2) is 0 Å². The maximum atomic E-state index is 5.64. The number of benzene rings is 1. The average Bonchev–Trinajstić information content (AvgIpc) is 3.20. The van der Waals surface area contributed by atoms with Crippen molar-refractivity contribution in [1.82, 2.24) is 5.32 Å². The van der Waals surface area contributed by atoms with Gasteiger partial charge < -0.3 is 10.1 Å². The van der Waals surface area contributed by atoms with Gasteiger partial charge in [0.25, 0.3) is 0 Å². The van der Waals surface area contributed by atoms with E-state index in [1.807, 2.05) is 0 Å². The molecule has 1 N–H and O–H groups in total. The van der Waals surface area contributed by atoms with Crippen molar-refractivity contribution >= 4 is 0 Å². The first-order chi connectivity index (χ1) is 9.90. The van der Waals surface area contributed by atoms with E-state index < -0.39 is 0 Å². The fourth-order valence-electron chi connectivity index (χ4n) is 3.93. The molecule has 0 bridgehead atoms. The van der Waals surface area contributed by atoms with E-state index in [1.54, 1.807) is 5.56 Å². The van der Waals surface area contributed by atoms with Crippen molar-refractivity contribution < 1.29 is 4.74 Å². The van der Waals surface area contributed by atoms with Gasteiger partial charge in [-0.05, 0) is 61.3 Å². The fourth-order valence-corrected chi connectivity index (χ4v) is 3.93. The Kier molecular flexibility index (Phi) is 3.43. The van der Waals surface area contributed by atoms with E-state index in [0.717, 1.165) is 36.7 Å². The van der Waals surface area contributed by atoms with Crippen molar-refractivity contribution in [3.8, 4) is 5.75 Å². The van der Waals surface area contributed by atoms with Crippen LogP contribution < -0.4 is 10.1 Å². The zero-order chi connectivity index (χ0) is 13.4. The number of nitrogens with one attached hydrogen (secondary N) is 1. The molecule has 0 spiro atoms. The third-order valence-corrected chi connectivity index (χ3v) is 5.30. The van der Waals surface area contributed by atoms with Crippen LogP contribution in [0.2, 0.25) is 0 Å². The lowest BCUT2D eigenvalue weighted by molar-refractivity contribution is 0.294. The van der Waals surface area contributed by atoms with Crippen LogP contribution in [0.4, 0.5) is 0 Å². The minimum atomic E-state index is 0.765. The van der Waals surface area contributed by atoms with Gasteiger partial charge in [-0.15, -0.1) is 0 Å². The number of hydrogen-bond donors (Lipinski definition) is 1. The second-order valence-corrected chi connectivity index (χ2v) is 6.80. The molecule has 1 heterocycles. The Morgan fingerprint density at radius 3 is 2.90 bits per heavy atom. The molecule has 0 radical (unpaired) electrons. The topological polar surface area (TPSA) is 21.3 Å². The third kappa shape index (κ3) is 2.58. The molecule has 2 atom stereocenters. The summed E-state index contributed by atoms with van der Waals surface area (Å²) >= 11 is 0. The molecule has 2 fully saturated rings. The zero-order valence-corrected chi connectivity index (χ0v) is 12.2. The summed E-state index contributed by atoms with van der Waals surface area (Å²) in [5.74, 6) is 2.72. The van der Waals surface area contributed by atoms with Crippen molar-refractivity contribution in [1.29, 1.82) is 0 Å². The molecule has 108 valence electrons. The number of ether oxygens (including phenoxy) is 1. The van der Waals surface area contributed by atoms with Gasteiger partial charge in [0, 0.05) is 12.5 Å². The summed E-state index contributed by atoms with van der Waals surface area (Å²) in [6.45, 7) is 2.10. The molecule has 1 aromatic carbocycles. The van der Waals surface area contributed by atoms with E-state index >= 15 is 0 Å². The Morgan fingerprint density at radius 1 is 1.10 bits per heavy atom. The van der Waals surface area contributed by atoms with Crippen LogP contribution in [-0.2, 0) is 6.42 Å². The van der Waals surface area contributed by atoms with E-state index in [1.165, 1.54) is 50.6 Å². The van der Waals surface area contributed by atoms with Crippen LogP contribution in [0.15, 0.2) is 18.2 Å². The first-order valence-corrected chi connectivity index (χ1v) is 8.39. The van der Waals surface area contributed by atoms with Crippen molar-refractivity contribution in [3.63, 3.8) is 0 Å². The first kappa shape index (κ1) is 12.7. The maximum absolute atomic E-state index is 5.64. The molecule has 0 saturated heterocycles. The van der Waals surface area contributed by atoms with E-state index in [0.29, 0.717) is 0 Å². The van der Waals surface area contributed by atoms with E-state index in [-0.39, 0.29) is 0 Å². The monoisotopic (exact) mass is 271 g/mol. The van der Waals surface area contributed by atoms with Gasteiger partial charge in [-0.1, -0.05) is 25.0 Å². The lowest BCUT2D eigenvalue weighted by Gasteiger charge is -2.32. The smallest absolute Gasteiger partial charge is 0.122 e. The van der Waals surface area contributed by atoms with Crippen LogP contribution in [-0.4, -0.2) is 19.2 Å². The van der Waals surface area contributed by atoms with Crippen LogP contribution in [0.25, 0.3) is 0 Å². The van der Waals surface area contributed by atoms with Crippen LogP contribution in [0.3, 0.4) is 0 Å². The summed E-state index contributed by atoms with van der Waals surface area (Å²) in [7, 11) is 0. The standard InChI is InChI=1S/C18H25NO/c1-2-4-17(15(3-1)12-19-16-6-7-16)13-5-8-18-14(11-13)9-10-20-18/h5,8,11,15-17,19H,1-4,6-7,9-10,12H2. The lowest BCUT2D eigenvalue weighted by Crippen LogP contribution is -2.30. The van der Waals surface area contributed by atoms with Gasteiger partial charge in [-0.2, -0.15) is 0 Å². The van der Waals surface area contributed by atoms with Gasteiger partial charge >= 0.3 is 0 Å². The Balaban J connectivity index is 1.51. The van der Waals surface area contributed by atoms with Gasteiger partial charge in [0.1, 0.15) is 5.75 Å². The van der Waals surface area contributed by atoms with Gasteiger partial charge in [0.05, 0.1) is 6.61 Å². The van der Waals surface area contributed by atoms with Gasteiger partial charge in [-0.3, -0.25) is 0 Å².